The lowest BCUT2D eigenvalue weighted by molar-refractivity contribution is 0.253. The van der Waals surface area contributed by atoms with Crippen molar-refractivity contribution in [3.05, 3.63) is 15.9 Å². The molecule has 0 amide bonds. The van der Waals surface area contributed by atoms with Crippen molar-refractivity contribution in [2.24, 2.45) is 0 Å². The summed E-state index contributed by atoms with van der Waals surface area (Å²) in [4.78, 5) is 7.89. The Bertz CT molecular complexity index is 406. The number of hydrogen-bond donors (Lipinski definition) is 2. The second-order valence-electron chi connectivity index (χ2n) is 2.78. The lowest BCUT2D eigenvalue weighted by Crippen LogP contribution is -2.01. The predicted octanol–water partition coefficient (Wildman–Crippen LogP) is 0.862. The van der Waals surface area contributed by atoms with E-state index >= 15 is 0 Å². The molecule has 0 saturated heterocycles. The molecule has 3 N–H and O–H groups in total. The molecule has 0 aromatic carbocycles. The van der Waals surface area contributed by atoms with Crippen molar-refractivity contribution in [1.82, 2.24) is 9.97 Å². The fraction of sp³-hybridized carbons (Fsp3) is 0.333. The number of aryl methyl sites for hydroxylation is 1. The van der Waals surface area contributed by atoms with Gasteiger partial charge >= 0.3 is 0 Å². The SMILES string of the molecule is Cc1nc(N)nc(C#CC(C)O)c1Br. The Balaban J connectivity index is 3.17. The van der Waals surface area contributed by atoms with Gasteiger partial charge in [0, 0.05) is 0 Å². The summed E-state index contributed by atoms with van der Waals surface area (Å²) in [5.41, 5.74) is 6.69. The van der Waals surface area contributed by atoms with Gasteiger partial charge in [0.1, 0.15) is 11.8 Å². The largest absolute Gasteiger partial charge is 0.381 e. The Morgan fingerprint density at radius 1 is 1.50 bits per heavy atom. The number of halogens is 1. The first-order valence-electron chi connectivity index (χ1n) is 4.00. The van der Waals surface area contributed by atoms with Crippen molar-refractivity contribution in [2.75, 3.05) is 5.73 Å². The van der Waals surface area contributed by atoms with Gasteiger partial charge in [-0.1, -0.05) is 5.92 Å². The molecule has 4 nitrogen and oxygen atoms in total. The van der Waals surface area contributed by atoms with Crippen LogP contribution in [0.2, 0.25) is 0 Å². The van der Waals surface area contributed by atoms with Crippen LogP contribution in [-0.4, -0.2) is 21.2 Å². The van der Waals surface area contributed by atoms with E-state index in [2.05, 4.69) is 37.7 Å². The number of nitrogen functional groups attached to an aromatic ring is 1. The minimum absolute atomic E-state index is 0.181. The lowest BCUT2D eigenvalue weighted by Gasteiger charge is -2.00. The van der Waals surface area contributed by atoms with E-state index in [1.807, 2.05) is 0 Å². The first-order valence-corrected chi connectivity index (χ1v) is 4.79. The monoisotopic (exact) mass is 255 g/mol. The quantitative estimate of drug-likeness (QED) is 0.675. The molecule has 0 bridgehead atoms. The van der Waals surface area contributed by atoms with E-state index in [4.69, 9.17) is 10.8 Å². The van der Waals surface area contributed by atoms with Crippen molar-refractivity contribution in [3.8, 4) is 11.8 Å². The van der Waals surface area contributed by atoms with Crippen LogP contribution >= 0.6 is 15.9 Å². The zero-order chi connectivity index (χ0) is 10.7. The van der Waals surface area contributed by atoms with Gasteiger partial charge in [-0.15, -0.1) is 0 Å². The van der Waals surface area contributed by atoms with Gasteiger partial charge in [0.15, 0.2) is 0 Å². The number of nitrogens with two attached hydrogens (primary N) is 1. The van der Waals surface area contributed by atoms with Crippen molar-refractivity contribution in [2.45, 2.75) is 20.0 Å². The predicted molar refractivity (Wildman–Crippen MR) is 57.4 cm³/mol. The number of aliphatic hydroxyl groups excluding tert-OH is 1. The molecule has 0 aliphatic rings. The van der Waals surface area contributed by atoms with Crippen molar-refractivity contribution < 1.29 is 5.11 Å². The first kappa shape index (κ1) is 11.0. The van der Waals surface area contributed by atoms with E-state index in [0.717, 1.165) is 5.69 Å². The van der Waals surface area contributed by atoms with Gasteiger partial charge in [0.05, 0.1) is 10.2 Å². The molecule has 0 saturated carbocycles. The maximum atomic E-state index is 8.98. The molecule has 1 atom stereocenters. The molecule has 1 rings (SSSR count). The summed E-state index contributed by atoms with van der Waals surface area (Å²) >= 11 is 3.30. The van der Waals surface area contributed by atoms with E-state index in [0.29, 0.717) is 10.2 Å². The van der Waals surface area contributed by atoms with Crippen molar-refractivity contribution in [3.63, 3.8) is 0 Å². The number of aromatic nitrogens is 2. The van der Waals surface area contributed by atoms with E-state index in [1.54, 1.807) is 13.8 Å². The minimum Gasteiger partial charge on any atom is -0.381 e. The average molecular weight is 256 g/mol. The third-order valence-electron chi connectivity index (χ3n) is 1.43. The third kappa shape index (κ3) is 2.69. The van der Waals surface area contributed by atoms with Gasteiger partial charge in [-0.2, -0.15) is 0 Å². The van der Waals surface area contributed by atoms with Gasteiger partial charge < -0.3 is 10.8 Å². The Labute approximate surface area is 90.7 Å². The van der Waals surface area contributed by atoms with Crippen LogP contribution in [0.4, 0.5) is 5.95 Å². The molecule has 0 aliphatic carbocycles. The van der Waals surface area contributed by atoms with Gasteiger partial charge in [-0.25, -0.2) is 9.97 Å². The normalized spacial score (nSPS) is 11.7. The van der Waals surface area contributed by atoms with Crippen LogP contribution in [0.5, 0.6) is 0 Å². The summed E-state index contributed by atoms with van der Waals surface area (Å²) in [6.07, 6.45) is -0.682. The average Bonchev–Trinajstić information content (AvgIpc) is 2.08. The Kier molecular flexibility index (Phi) is 3.44. The zero-order valence-electron chi connectivity index (χ0n) is 7.87. The molecule has 14 heavy (non-hydrogen) atoms. The van der Waals surface area contributed by atoms with E-state index < -0.39 is 6.10 Å². The summed E-state index contributed by atoms with van der Waals surface area (Å²) in [7, 11) is 0. The van der Waals surface area contributed by atoms with Crippen LogP contribution in [0.15, 0.2) is 4.47 Å². The highest BCUT2D eigenvalue weighted by Crippen LogP contribution is 2.17. The maximum absolute atomic E-state index is 8.98. The fourth-order valence-corrected chi connectivity index (χ4v) is 1.11. The summed E-state index contributed by atoms with van der Waals surface area (Å²) in [6, 6.07) is 0. The van der Waals surface area contributed by atoms with Crippen LogP contribution in [-0.2, 0) is 0 Å². The second kappa shape index (κ2) is 4.40. The summed E-state index contributed by atoms with van der Waals surface area (Å²) in [5, 5.41) is 8.98. The Morgan fingerprint density at radius 2 is 2.14 bits per heavy atom. The number of anilines is 1. The molecule has 0 aliphatic heterocycles. The Hall–Kier alpha value is -1.12. The molecule has 1 aromatic heterocycles. The van der Waals surface area contributed by atoms with Crippen molar-refractivity contribution >= 4 is 21.9 Å². The molecular formula is C9H10BrN3O. The van der Waals surface area contributed by atoms with Crippen LogP contribution in [0.1, 0.15) is 18.3 Å². The van der Waals surface area contributed by atoms with Gasteiger partial charge in [0.2, 0.25) is 5.95 Å². The van der Waals surface area contributed by atoms with Crippen molar-refractivity contribution in [1.29, 1.82) is 0 Å². The topological polar surface area (TPSA) is 72.0 Å². The van der Waals surface area contributed by atoms with Crippen LogP contribution in [0.25, 0.3) is 0 Å². The van der Waals surface area contributed by atoms with Gasteiger partial charge in [-0.05, 0) is 35.7 Å². The smallest absolute Gasteiger partial charge is 0.221 e. The molecule has 0 radical (unpaired) electrons. The minimum atomic E-state index is -0.682. The molecular weight excluding hydrogens is 246 g/mol. The van der Waals surface area contributed by atoms with E-state index in [-0.39, 0.29) is 5.95 Å². The lowest BCUT2D eigenvalue weighted by atomic mass is 10.3. The van der Waals surface area contributed by atoms with Crippen LogP contribution in [0.3, 0.4) is 0 Å². The molecule has 0 fully saturated rings. The summed E-state index contributed by atoms with van der Waals surface area (Å²) < 4.78 is 0.708. The van der Waals surface area contributed by atoms with Gasteiger partial charge in [-0.3, -0.25) is 0 Å². The highest BCUT2D eigenvalue weighted by Gasteiger charge is 2.04. The van der Waals surface area contributed by atoms with Crippen LogP contribution < -0.4 is 5.73 Å². The number of hydrogen-bond acceptors (Lipinski definition) is 4. The van der Waals surface area contributed by atoms with Gasteiger partial charge in [0.25, 0.3) is 0 Å². The number of rotatable bonds is 0. The van der Waals surface area contributed by atoms with E-state index in [9.17, 15) is 0 Å². The molecule has 0 spiro atoms. The second-order valence-corrected chi connectivity index (χ2v) is 3.57. The molecule has 74 valence electrons. The zero-order valence-corrected chi connectivity index (χ0v) is 9.46. The molecule has 5 heteroatoms. The molecule has 1 heterocycles. The summed E-state index contributed by atoms with van der Waals surface area (Å²) in [5.74, 6) is 5.48. The highest BCUT2D eigenvalue weighted by molar-refractivity contribution is 9.10. The summed E-state index contributed by atoms with van der Waals surface area (Å²) in [6.45, 7) is 3.38. The van der Waals surface area contributed by atoms with Crippen LogP contribution in [0, 0.1) is 18.8 Å². The molecule has 1 aromatic rings. The number of nitrogens with zero attached hydrogens (tertiary/aromatic N) is 2. The fourth-order valence-electron chi connectivity index (χ4n) is 0.837. The number of aliphatic hydroxyl groups is 1. The maximum Gasteiger partial charge on any atom is 0.221 e. The molecule has 1 unspecified atom stereocenters. The highest BCUT2D eigenvalue weighted by atomic mass is 79.9. The standard InChI is InChI=1S/C9H10BrN3O/c1-5(14)3-4-7-8(10)6(2)12-9(11)13-7/h5,14H,1-2H3,(H2,11,12,13). The first-order chi connectivity index (χ1) is 6.50. The van der Waals surface area contributed by atoms with E-state index in [1.165, 1.54) is 0 Å². The third-order valence-corrected chi connectivity index (χ3v) is 2.38. The Morgan fingerprint density at radius 3 is 2.71 bits per heavy atom.